The monoisotopic (exact) mass is 182 g/mol. The molecule has 4 nitrogen and oxygen atoms in total. The van der Waals surface area contributed by atoms with Gasteiger partial charge >= 0.3 is 0 Å². The summed E-state index contributed by atoms with van der Waals surface area (Å²) < 4.78 is 5.27. The van der Waals surface area contributed by atoms with Crippen LogP contribution in [0.5, 0.6) is 0 Å². The van der Waals surface area contributed by atoms with Gasteiger partial charge in [-0.2, -0.15) is 4.98 Å². The molecule has 1 aromatic heterocycles. The third-order valence-electron chi connectivity index (χ3n) is 2.34. The molecule has 13 heavy (non-hydrogen) atoms. The number of nitrogens with zero attached hydrogens (tertiary/aromatic N) is 2. The van der Waals surface area contributed by atoms with Crippen molar-refractivity contribution in [3.05, 3.63) is 12.0 Å². The molecule has 0 aromatic carbocycles. The van der Waals surface area contributed by atoms with E-state index in [1.54, 1.807) is 6.26 Å². The van der Waals surface area contributed by atoms with Crippen LogP contribution in [0, 0.1) is 6.92 Å². The predicted octanol–water partition coefficient (Wildman–Crippen LogP) is 0.944. The second-order valence-corrected chi connectivity index (χ2v) is 3.49. The van der Waals surface area contributed by atoms with E-state index in [-0.39, 0.29) is 6.10 Å². The fraction of sp³-hybridized carbons (Fsp3) is 0.667. The molecule has 4 heteroatoms. The Morgan fingerprint density at radius 1 is 1.54 bits per heavy atom. The first-order valence-electron chi connectivity index (χ1n) is 4.61. The Hall–Kier alpha value is -1.03. The molecule has 1 aromatic rings. The lowest BCUT2D eigenvalue weighted by Gasteiger charge is -2.27. The van der Waals surface area contributed by atoms with Crippen molar-refractivity contribution in [1.29, 1.82) is 0 Å². The number of hydrogen-bond acceptors (Lipinski definition) is 4. The van der Waals surface area contributed by atoms with E-state index in [9.17, 15) is 5.11 Å². The van der Waals surface area contributed by atoms with Crippen molar-refractivity contribution in [2.45, 2.75) is 25.9 Å². The Morgan fingerprint density at radius 2 is 2.23 bits per heavy atom. The molecule has 2 heterocycles. The van der Waals surface area contributed by atoms with Gasteiger partial charge in [-0.25, -0.2) is 0 Å². The van der Waals surface area contributed by atoms with E-state index in [4.69, 9.17) is 4.42 Å². The van der Waals surface area contributed by atoms with Crippen LogP contribution in [-0.4, -0.2) is 29.3 Å². The summed E-state index contributed by atoms with van der Waals surface area (Å²) in [5.74, 6) is 0. The molecule has 0 spiro atoms. The SMILES string of the molecule is Cc1coc(N2CCC(O)CC2)n1. The lowest BCUT2D eigenvalue weighted by molar-refractivity contribution is 0.144. The molecule has 1 fully saturated rings. The lowest BCUT2D eigenvalue weighted by atomic mass is 10.1. The van der Waals surface area contributed by atoms with Gasteiger partial charge in [0.2, 0.25) is 0 Å². The summed E-state index contributed by atoms with van der Waals surface area (Å²) in [6, 6.07) is 0.685. The van der Waals surface area contributed by atoms with Gasteiger partial charge in [-0.1, -0.05) is 0 Å². The van der Waals surface area contributed by atoms with Crippen molar-refractivity contribution in [2.75, 3.05) is 18.0 Å². The molecule has 0 atom stereocenters. The number of aryl methyl sites for hydroxylation is 1. The van der Waals surface area contributed by atoms with Crippen molar-refractivity contribution in [3.8, 4) is 0 Å². The Kier molecular flexibility index (Phi) is 2.22. The smallest absolute Gasteiger partial charge is 0.297 e. The molecule has 0 aliphatic carbocycles. The van der Waals surface area contributed by atoms with Crippen LogP contribution in [0.4, 0.5) is 6.01 Å². The van der Waals surface area contributed by atoms with Gasteiger partial charge in [0.05, 0.1) is 11.8 Å². The fourth-order valence-electron chi connectivity index (χ4n) is 1.54. The normalized spacial score (nSPS) is 19.4. The number of aliphatic hydroxyl groups excluding tert-OH is 1. The van der Waals surface area contributed by atoms with Crippen LogP contribution >= 0.6 is 0 Å². The molecule has 0 saturated carbocycles. The minimum absolute atomic E-state index is 0.146. The van der Waals surface area contributed by atoms with E-state index in [2.05, 4.69) is 9.88 Å². The molecule has 1 N–H and O–H groups in total. The first-order chi connectivity index (χ1) is 6.25. The molecular weight excluding hydrogens is 168 g/mol. The van der Waals surface area contributed by atoms with Crippen molar-refractivity contribution < 1.29 is 9.52 Å². The molecule has 2 rings (SSSR count). The molecule has 1 aliphatic heterocycles. The zero-order valence-corrected chi connectivity index (χ0v) is 7.73. The minimum atomic E-state index is -0.146. The van der Waals surface area contributed by atoms with Crippen LogP contribution in [-0.2, 0) is 0 Å². The highest BCUT2D eigenvalue weighted by atomic mass is 16.4. The molecular formula is C9H14N2O2. The number of rotatable bonds is 1. The van der Waals surface area contributed by atoms with Crippen LogP contribution in [0.25, 0.3) is 0 Å². The summed E-state index contributed by atoms with van der Waals surface area (Å²) in [4.78, 5) is 6.31. The van der Waals surface area contributed by atoms with Crippen LogP contribution in [0.15, 0.2) is 10.7 Å². The van der Waals surface area contributed by atoms with E-state index in [0.717, 1.165) is 31.6 Å². The highest BCUT2D eigenvalue weighted by Gasteiger charge is 2.19. The molecule has 0 radical (unpaired) electrons. The maximum Gasteiger partial charge on any atom is 0.297 e. The van der Waals surface area contributed by atoms with Crippen LogP contribution in [0.1, 0.15) is 18.5 Å². The van der Waals surface area contributed by atoms with Gasteiger partial charge < -0.3 is 14.4 Å². The Balaban J connectivity index is 2.02. The molecule has 0 unspecified atom stereocenters. The summed E-state index contributed by atoms with van der Waals surface area (Å²) in [6.07, 6.45) is 3.12. The number of aliphatic hydroxyl groups is 1. The van der Waals surface area contributed by atoms with E-state index in [1.165, 1.54) is 0 Å². The van der Waals surface area contributed by atoms with Crippen LogP contribution < -0.4 is 4.90 Å². The van der Waals surface area contributed by atoms with Crippen molar-refractivity contribution in [2.24, 2.45) is 0 Å². The van der Waals surface area contributed by atoms with Gasteiger partial charge in [-0.15, -0.1) is 0 Å². The van der Waals surface area contributed by atoms with E-state index < -0.39 is 0 Å². The maximum atomic E-state index is 9.30. The Labute approximate surface area is 77.2 Å². The topological polar surface area (TPSA) is 49.5 Å². The number of piperidine rings is 1. The molecule has 1 aliphatic rings. The Morgan fingerprint density at radius 3 is 2.77 bits per heavy atom. The van der Waals surface area contributed by atoms with Gasteiger partial charge in [0.1, 0.15) is 6.26 Å². The number of oxazole rings is 1. The van der Waals surface area contributed by atoms with E-state index >= 15 is 0 Å². The third-order valence-corrected chi connectivity index (χ3v) is 2.34. The average Bonchev–Trinajstić information content (AvgIpc) is 2.53. The van der Waals surface area contributed by atoms with Crippen molar-refractivity contribution >= 4 is 6.01 Å². The molecule has 0 bridgehead atoms. The Bertz CT molecular complexity index is 277. The quantitative estimate of drug-likeness (QED) is 0.702. The van der Waals surface area contributed by atoms with Crippen LogP contribution in [0.3, 0.4) is 0 Å². The highest BCUT2D eigenvalue weighted by Crippen LogP contribution is 2.18. The molecule has 1 saturated heterocycles. The van der Waals surface area contributed by atoms with Gasteiger partial charge in [0.15, 0.2) is 0 Å². The molecule has 0 amide bonds. The van der Waals surface area contributed by atoms with E-state index in [1.807, 2.05) is 6.92 Å². The summed E-state index contributed by atoms with van der Waals surface area (Å²) in [5, 5.41) is 9.30. The number of hydrogen-bond donors (Lipinski definition) is 1. The predicted molar refractivity (Wildman–Crippen MR) is 48.7 cm³/mol. The van der Waals surface area contributed by atoms with Crippen LogP contribution in [0.2, 0.25) is 0 Å². The second kappa shape index (κ2) is 3.38. The summed E-state index contributed by atoms with van der Waals surface area (Å²) in [6.45, 7) is 3.58. The minimum Gasteiger partial charge on any atom is -0.432 e. The van der Waals surface area contributed by atoms with E-state index in [0.29, 0.717) is 6.01 Å². The third kappa shape index (κ3) is 1.83. The summed E-state index contributed by atoms with van der Waals surface area (Å²) in [7, 11) is 0. The largest absolute Gasteiger partial charge is 0.432 e. The highest BCUT2D eigenvalue weighted by molar-refractivity contribution is 5.27. The van der Waals surface area contributed by atoms with Gasteiger partial charge in [-0.3, -0.25) is 0 Å². The first-order valence-corrected chi connectivity index (χ1v) is 4.61. The van der Waals surface area contributed by atoms with Gasteiger partial charge in [0.25, 0.3) is 6.01 Å². The fourth-order valence-corrected chi connectivity index (χ4v) is 1.54. The number of anilines is 1. The number of aromatic nitrogens is 1. The summed E-state index contributed by atoms with van der Waals surface area (Å²) >= 11 is 0. The zero-order valence-electron chi connectivity index (χ0n) is 7.73. The summed E-state index contributed by atoms with van der Waals surface area (Å²) in [5.41, 5.74) is 0.904. The lowest BCUT2D eigenvalue weighted by Crippen LogP contribution is -2.35. The van der Waals surface area contributed by atoms with Gasteiger partial charge in [-0.05, 0) is 19.8 Å². The average molecular weight is 182 g/mol. The van der Waals surface area contributed by atoms with Crippen molar-refractivity contribution in [1.82, 2.24) is 4.98 Å². The second-order valence-electron chi connectivity index (χ2n) is 3.49. The molecule has 72 valence electrons. The first kappa shape index (κ1) is 8.56. The van der Waals surface area contributed by atoms with Gasteiger partial charge in [0, 0.05) is 13.1 Å². The standard InChI is InChI=1S/C9H14N2O2/c1-7-6-13-9(10-7)11-4-2-8(12)3-5-11/h6,8,12H,2-5H2,1H3. The maximum absolute atomic E-state index is 9.30. The zero-order chi connectivity index (χ0) is 9.26. The van der Waals surface area contributed by atoms with Crippen molar-refractivity contribution in [3.63, 3.8) is 0 Å².